The van der Waals surface area contributed by atoms with Crippen molar-refractivity contribution in [3.05, 3.63) is 42.0 Å². The van der Waals surface area contributed by atoms with Crippen molar-refractivity contribution in [3.63, 3.8) is 0 Å². The molecule has 0 bridgehead atoms. The third-order valence-corrected chi connectivity index (χ3v) is 2.90. The fourth-order valence-corrected chi connectivity index (χ4v) is 2.15. The lowest BCUT2D eigenvalue weighted by Gasteiger charge is -2.16. The van der Waals surface area contributed by atoms with Crippen LogP contribution in [-0.4, -0.2) is 6.10 Å². The lowest BCUT2D eigenvalue weighted by Crippen LogP contribution is -2.06. The Morgan fingerprint density at radius 3 is 2.06 bits per heavy atom. The summed E-state index contributed by atoms with van der Waals surface area (Å²) < 4.78 is 5.86. The molecule has 0 amide bonds. The van der Waals surface area contributed by atoms with Crippen molar-refractivity contribution in [1.29, 1.82) is 0 Å². The van der Waals surface area contributed by atoms with Gasteiger partial charge in [0.05, 0.1) is 6.10 Å². The summed E-state index contributed by atoms with van der Waals surface area (Å²) in [5.74, 6) is 1.52. The van der Waals surface area contributed by atoms with Crippen LogP contribution in [0.3, 0.4) is 0 Å². The van der Waals surface area contributed by atoms with E-state index in [1.165, 1.54) is 16.3 Å². The predicted octanol–water partition coefficient (Wildman–Crippen LogP) is 4.75. The summed E-state index contributed by atoms with van der Waals surface area (Å²) in [5, 5.41) is 2.52. The molecule has 0 radical (unpaired) electrons. The third-order valence-electron chi connectivity index (χ3n) is 2.90. The van der Waals surface area contributed by atoms with Gasteiger partial charge in [-0.05, 0) is 36.8 Å². The number of ether oxygens (including phenoxy) is 1. The van der Waals surface area contributed by atoms with Crippen molar-refractivity contribution in [1.82, 2.24) is 0 Å². The Bertz CT molecular complexity index is 512. The second-order valence-corrected chi connectivity index (χ2v) is 5.02. The Labute approximate surface area is 103 Å². The smallest absolute Gasteiger partial charge is 0.127 e. The van der Waals surface area contributed by atoms with Crippen molar-refractivity contribution in [2.24, 2.45) is 0 Å². The standard InChI is InChI=1S/C16H20O/c1-11(2)13-9-10-16(17-12(3)4)15-8-6-5-7-14(13)15/h5-12H,1-4H3. The lowest BCUT2D eigenvalue weighted by atomic mass is 9.95. The maximum absolute atomic E-state index is 5.86. The number of hydrogen-bond acceptors (Lipinski definition) is 1. The highest BCUT2D eigenvalue weighted by Crippen LogP contribution is 2.32. The first kappa shape index (κ1) is 12.0. The highest BCUT2D eigenvalue weighted by molar-refractivity contribution is 5.91. The molecule has 90 valence electrons. The summed E-state index contributed by atoms with van der Waals surface area (Å²) in [6, 6.07) is 12.8. The molecule has 0 aromatic heterocycles. The molecule has 1 nitrogen and oxygen atoms in total. The summed E-state index contributed by atoms with van der Waals surface area (Å²) in [6.07, 6.45) is 0.211. The van der Waals surface area contributed by atoms with Crippen molar-refractivity contribution >= 4 is 10.8 Å². The van der Waals surface area contributed by atoms with Gasteiger partial charge in [0.1, 0.15) is 5.75 Å². The van der Waals surface area contributed by atoms with Crippen LogP contribution in [0.1, 0.15) is 39.2 Å². The SMILES string of the molecule is CC(C)Oc1ccc(C(C)C)c2ccccc12. The van der Waals surface area contributed by atoms with Crippen molar-refractivity contribution in [2.75, 3.05) is 0 Å². The first-order valence-electron chi connectivity index (χ1n) is 6.28. The zero-order valence-corrected chi connectivity index (χ0v) is 11.0. The molecule has 0 saturated heterocycles. The Hall–Kier alpha value is -1.50. The summed E-state index contributed by atoms with van der Waals surface area (Å²) in [6.45, 7) is 8.58. The second-order valence-electron chi connectivity index (χ2n) is 5.02. The molecule has 0 heterocycles. The fraction of sp³-hybridized carbons (Fsp3) is 0.375. The highest BCUT2D eigenvalue weighted by atomic mass is 16.5. The average Bonchev–Trinajstić information content (AvgIpc) is 2.28. The van der Waals surface area contributed by atoms with Crippen LogP contribution in [0.25, 0.3) is 10.8 Å². The molecule has 0 N–H and O–H groups in total. The van der Waals surface area contributed by atoms with Gasteiger partial charge in [-0.25, -0.2) is 0 Å². The van der Waals surface area contributed by atoms with Gasteiger partial charge >= 0.3 is 0 Å². The second kappa shape index (κ2) is 4.79. The molecule has 0 unspecified atom stereocenters. The number of fused-ring (bicyclic) bond motifs is 1. The van der Waals surface area contributed by atoms with Crippen LogP contribution >= 0.6 is 0 Å². The minimum absolute atomic E-state index is 0.211. The van der Waals surface area contributed by atoms with Gasteiger partial charge in [-0.3, -0.25) is 0 Å². The molecule has 2 aromatic carbocycles. The monoisotopic (exact) mass is 228 g/mol. The molecule has 0 saturated carbocycles. The first-order chi connectivity index (χ1) is 8.09. The Morgan fingerprint density at radius 2 is 1.47 bits per heavy atom. The molecule has 1 heteroatoms. The quantitative estimate of drug-likeness (QED) is 0.736. The van der Waals surface area contributed by atoms with Gasteiger partial charge in [0.15, 0.2) is 0 Å². The summed E-state index contributed by atoms with van der Waals surface area (Å²) in [5.41, 5.74) is 1.39. The maximum Gasteiger partial charge on any atom is 0.127 e. The predicted molar refractivity (Wildman–Crippen MR) is 73.8 cm³/mol. The van der Waals surface area contributed by atoms with E-state index in [-0.39, 0.29) is 6.10 Å². The van der Waals surface area contributed by atoms with Crippen LogP contribution in [0.5, 0.6) is 5.75 Å². The zero-order chi connectivity index (χ0) is 12.4. The number of rotatable bonds is 3. The van der Waals surface area contributed by atoms with Crippen LogP contribution in [-0.2, 0) is 0 Å². The van der Waals surface area contributed by atoms with E-state index < -0.39 is 0 Å². The van der Waals surface area contributed by atoms with Gasteiger partial charge in [0.2, 0.25) is 0 Å². The van der Waals surface area contributed by atoms with Crippen LogP contribution in [0.2, 0.25) is 0 Å². The molecule has 17 heavy (non-hydrogen) atoms. The summed E-state index contributed by atoms with van der Waals surface area (Å²) in [4.78, 5) is 0. The topological polar surface area (TPSA) is 9.23 Å². The third kappa shape index (κ3) is 2.44. The Balaban J connectivity index is 2.62. The largest absolute Gasteiger partial charge is 0.490 e. The van der Waals surface area contributed by atoms with E-state index >= 15 is 0 Å². The van der Waals surface area contributed by atoms with Crippen molar-refractivity contribution in [2.45, 2.75) is 39.7 Å². The van der Waals surface area contributed by atoms with Gasteiger partial charge < -0.3 is 4.74 Å². The molecule has 0 atom stereocenters. The molecule has 2 aromatic rings. The Kier molecular flexibility index (Phi) is 3.37. The van der Waals surface area contributed by atoms with E-state index in [2.05, 4.69) is 64.1 Å². The molecule has 0 aliphatic carbocycles. The summed E-state index contributed by atoms with van der Waals surface area (Å²) in [7, 11) is 0. The molecule has 0 fully saturated rings. The van der Waals surface area contributed by atoms with Crippen LogP contribution in [0.15, 0.2) is 36.4 Å². The van der Waals surface area contributed by atoms with E-state index in [0.717, 1.165) is 5.75 Å². The van der Waals surface area contributed by atoms with Crippen LogP contribution in [0, 0.1) is 0 Å². The van der Waals surface area contributed by atoms with Gasteiger partial charge in [-0.1, -0.05) is 44.2 Å². The Morgan fingerprint density at radius 1 is 0.824 bits per heavy atom. The number of benzene rings is 2. The van der Waals surface area contributed by atoms with Crippen molar-refractivity contribution in [3.8, 4) is 5.75 Å². The molecular formula is C16H20O. The van der Waals surface area contributed by atoms with E-state index in [1.54, 1.807) is 0 Å². The first-order valence-corrected chi connectivity index (χ1v) is 6.28. The van der Waals surface area contributed by atoms with Gasteiger partial charge in [0.25, 0.3) is 0 Å². The van der Waals surface area contributed by atoms with Crippen LogP contribution < -0.4 is 4.74 Å². The minimum Gasteiger partial charge on any atom is -0.490 e. The van der Waals surface area contributed by atoms with Gasteiger partial charge in [-0.15, -0.1) is 0 Å². The molecule has 0 aliphatic heterocycles. The normalized spacial score (nSPS) is 11.4. The van der Waals surface area contributed by atoms with E-state index in [4.69, 9.17) is 4.74 Å². The number of hydrogen-bond donors (Lipinski definition) is 0. The van der Waals surface area contributed by atoms with E-state index in [9.17, 15) is 0 Å². The van der Waals surface area contributed by atoms with Gasteiger partial charge in [0, 0.05) is 5.39 Å². The van der Waals surface area contributed by atoms with Crippen molar-refractivity contribution < 1.29 is 4.74 Å². The highest BCUT2D eigenvalue weighted by Gasteiger charge is 2.09. The molecule has 0 aliphatic rings. The summed E-state index contributed by atoms with van der Waals surface area (Å²) >= 11 is 0. The minimum atomic E-state index is 0.211. The van der Waals surface area contributed by atoms with Crippen LogP contribution in [0.4, 0.5) is 0 Å². The lowest BCUT2D eigenvalue weighted by molar-refractivity contribution is 0.245. The molecular weight excluding hydrogens is 208 g/mol. The van der Waals surface area contributed by atoms with Gasteiger partial charge in [-0.2, -0.15) is 0 Å². The van der Waals surface area contributed by atoms with E-state index in [1.807, 2.05) is 0 Å². The fourth-order valence-electron chi connectivity index (χ4n) is 2.15. The molecule has 2 rings (SSSR count). The molecule has 0 spiro atoms. The zero-order valence-electron chi connectivity index (χ0n) is 11.0. The van der Waals surface area contributed by atoms with E-state index in [0.29, 0.717) is 5.92 Å². The maximum atomic E-state index is 5.86. The average molecular weight is 228 g/mol.